The van der Waals surface area contributed by atoms with Gasteiger partial charge in [0.25, 0.3) is 0 Å². The molecule has 1 amide bonds. The first-order valence-corrected chi connectivity index (χ1v) is 6.57. The number of carbonyl (C=O) groups excluding carboxylic acids is 1. The summed E-state index contributed by atoms with van der Waals surface area (Å²) in [6.45, 7) is 7.66. The van der Waals surface area contributed by atoms with Crippen LogP contribution < -0.4 is 5.32 Å². The molecule has 0 radical (unpaired) electrons. The molecule has 0 saturated carbocycles. The molecule has 104 valence electrons. The summed E-state index contributed by atoms with van der Waals surface area (Å²) in [4.78, 5) is 23.2. The number of carboxylic acid groups (broad SMARTS) is 1. The first-order chi connectivity index (χ1) is 8.38. The molecule has 5 nitrogen and oxygen atoms in total. The molecule has 4 unspecified atom stereocenters. The molecule has 0 aromatic carbocycles. The first kappa shape index (κ1) is 15.0. The van der Waals surface area contributed by atoms with Gasteiger partial charge in [-0.3, -0.25) is 4.79 Å². The highest BCUT2D eigenvalue weighted by Gasteiger charge is 2.42. The standard InChI is InChI=1S/C13H23NO4/c1-5-6-10(13(16)17)14-12(15)11-7(2)8(3)18-9(11)4/h7-11H,5-6H2,1-4H3,(H,14,15)(H,16,17)/t7?,8?,9?,10-,11?/m1/s1. The molecule has 1 fully saturated rings. The third-order valence-electron chi connectivity index (χ3n) is 3.74. The number of amides is 1. The van der Waals surface area contributed by atoms with E-state index in [4.69, 9.17) is 9.84 Å². The highest BCUT2D eigenvalue weighted by Crippen LogP contribution is 2.32. The van der Waals surface area contributed by atoms with Crippen LogP contribution in [0.15, 0.2) is 0 Å². The molecule has 5 heteroatoms. The second-order valence-corrected chi connectivity index (χ2v) is 5.12. The molecule has 18 heavy (non-hydrogen) atoms. The topological polar surface area (TPSA) is 75.6 Å². The lowest BCUT2D eigenvalue weighted by atomic mass is 9.88. The number of carbonyl (C=O) groups is 2. The monoisotopic (exact) mass is 257 g/mol. The van der Waals surface area contributed by atoms with E-state index in [0.29, 0.717) is 6.42 Å². The summed E-state index contributed by atoms with van der Waals surface area (Å²) in [5.74, 6) is -1.34. The summed E-state index contributed by atoms with van der Waals surface area (Å²) in [7, 11) is 0. The Morgan fingerprint density at radius 2 is 1.89 bits per heavy atom. The minimum atomic E-state index is -0.975. The zero-order valence-corrected chi connectivity index (χ0v) is 11.5. The van der Waals surface area contributed by atoms with Crippen molar-refractivity contribution < 1.29 is 19.4 Å². The number of aliphatic carboxylic acids is 1. The fourth-order valence-corrected chi connectivity index (χ4v) is 2.53. The molecule has 1 aliphatic rings. The molecule has 1 saturated heterocycles. The van der Waals surface area contributed by atoms with E-state index in [1.54, 1.807) is 0 Å². The van der Waals surface area contributed by atoms with E-state index in [0.717, 1.165) is 6.42 Å². The third kappa shape index (κ3) is 3.22. The van der Waals surface area contributed by atoms with Gasteiger partial charge in [-0.2, -0.15) is 0 Å². The second kappa shape index (κ2) is 6.18. The zero-order valence-electron chi connectivity index (χ0n) is 11.5. The highest BCUT2D eigenvalue weighted by molar-refractivity contribution is 5.85. The second-order valence-electron chi connectivity index (χ2n) is 5.12. The number of hydrogen-bond donors (Lipinski definition) is 2. The smallest absolute Gasteiger partial charge is 0.326 e. The van der Waals surface area contributed by atoms with Crippen LogP contribution in [0.25, 0.3) is 0 Å². The molecular formula is C13H23NO4. The van der Waals surface area contributed by atoms with Crippen LogP contribution in [0.2, 0.25) is 0 Å². The van der Waals surface area contributed by atoms with Crippen LogP contribution in [0.1, 0.15) is 40.5 Å². The van der Waals surface area contributed by atoms with Gasteiger partial charge >= 0.3 is 5.97 Å². The average molecular weight is 257 g/mol. The molecule has 0 aromatic heterocycles. The van der Waals surface area contributed by atoms with E-state index in [2.05, 4.69) is 5.32 Å². The minimum absolute atomic E-state index is 0.0326. The van der Waals surface area contributed by atoms with Gasteiger partial charge < -0.3 is 15.2 Å². The molecule has 2 N–H and O–H groups in total. The molecule has 0 aliphatic carbocycles. The van der Waals surface area contributed by atoms with Gasteiger partial charge in [-0.25, -0.2) is 4.79 Å². The van der Waals surface area contributed by atoms with Gasteiger partial charge in [-0.05, 0) is 26.2 Å². The Kier molecular flexibility index (Phi) is 5.14. The van der Waals surface area contributed by atoms with Crippen molar-refractivity contribution in [1.82, 2.24) is 5.32 Å². The molecule has 1 heterocycles. The van der Waals surface area contributed by atoms with Crippen LogP contribution in [0.4, 0.5) is 0 Å². The lowest BCUT2D eigenvalue weighted by Gasteiger charge is -2.21. The van der Waals surface area contributed by atoms with E-state index in [1.807, 2.05) is 27.7 Å². The summed E-state index contributed by atoms with van der Waals surface area (Å²) < 4.78 is 5.60. The molecule has 1 aliphatic heterocycles. The molecule has 5 atom stereocenters. The van der Waals surface area contributed by atoms with Crippen LogP contribution in [-0.2, 0) is 14.3 Å². The molecule has 0 aromatic rings. The lowest BCUT2D eigenvalue weighted by molar-refractivity contribution is -0.143. The van der Waals surface area contributed by atoms with Gasteiger partial charge in [-0.1, -0.05) is 20.3 Å². The van der Waals surface area contributed by atoms with E-state index in [9.17, 15) is 9.59 Å². The maximum atomic E-state index is 12.1. The molecule has 1 rings (SSSR count). The van der Waals surface area contributed by atoms with Gasteiger partial charge in [-0.15, -0.1) is 0 Å². The van der Waals surface area contributed by atoms with Crippen LogP contribution in [0.5, 0.6) is 0 Å². The van der Waals surface area contributed by atoms with Gasteiger partial charge in [0.2, 0.25) is 5.91 Å². The van der Waals surface area contributed by atoms with Crippen molar-refractivity contribution in [1.29, 1.82) is 0 Å². The van der Waals surface area contributed by atoms with Crippen molar-refractivity contribution in [2.75, 3.05) is 0 Å². The first-order valence-electron chi connectivity index (χ1n) is 6.57. The Balaban J connectivity index is 2.66. The van der Waals surface area contributed by atoms with Crippen molar-refractivity contribution in [2.45, 2.75) is 58.8 Å². The van der Waals surface area contributed by atoms with Crippen molar-refractivity contribution >= 4 is 11.9 Å². The maximum absolute atomic E-state index is 12.1. The molecule has 0 spiro atoms. The largest absolute Gasteiger partial charge is 0.480 e. The summed E-state index contributed by atoms with van der Waals surface area (Å²) in [5.41, 5.74) is 0. The summed E-state index contributed by atoms with van der Waals surface area (Å²) in [5, 5.41) is 11.7. The van der Waals surface area contributed by atoms with E-state index in [1.165, 1.54) is 0 Å². The third-order valence-corrected chi connectivity index (χ3v) is 3.74. The average Bonchev–Trinajstić information content (AvgIpc) is 2.52. The minimum Gasteiger partial charge on any atom is -0.480 e. The number of rotatable bonds is 5. The van der Waals surface area contributed by atoms with E-state index < -0.39 is 12.0 Å². The summed E-state index contributed by atoms with van der Waals surface area (Å²) >= 11 is 0. The highest BCUT2D eigenvalue weighted by atomic mass is 16.5. The fraction of sp³-hybridized carbons (Fsp3) is 0.846. The predicted octanol–water partition coefficient (Wildman–Crippen LogP) is 1.42. The van der Waals surface area contributed by atoms with Crippen molar-refractivity contribution in [3.63, 3.8) is 0 Å². The Bertz CT molecular complexity index is 318. The predicted molar refractivity (Wildman–Crippen MR) is 67.1 cm³/mol. The van der Waals surface area contributed by atoms with Crippen molar-refractivity contribution in [3.05, 3.63) is 0 Å². The van der Waals surface area contributed by atoms with Gasteiger partial charge in [0.05, 0.1) is 18.1 Å². The van der Waals surface area contributed by atoms with Gasteiger partial charge in [0.15, 0.2) is 0 Å². The number of hydrogen-bond acceptors (Lipinski definition) is 3. The summed E-state index contributed by atoms with van der Waals surface area (Å²) in [6, 6.07) is -0.794. The van der Waals surface area contributed by atoms with E-state index in [-0.39, 0.29) is 30.0 Å². The quantitative estimate of drug-likeness (QED) is 0.781. The number of nitrogens with one attached hydrogen (secondary N) is 1. The Hall–Kier alpha value is -1.10. The normalized spacial score (nSPS) is 33.1. The van der Waals surface area contributed by atoms with Crippen LogP contribution >= 0.6 is 0 Å². The fourth-order valence-electron chi connectivity index (χ4n) is 2.53. The maximum Gasteiger partial charge on any atom is 0.326 e. The van der Waals surface area contributed by atoms with Gasteiger partial charge in [0, 0.05) is 0 Å². The van der Waals surface area contributed by atoms with E-state index >= 15 is 0 Å². The molecule has 0 bridgehead atoms. The van der Waals surface area contributed by atoms with Gasteiger partial charge in [0.1, 0.15) is 6.04 Å². The number of ether oxygens (including phenoxy) is 1. The van der Waals surface area contributed by atoms with Crippen LogP contribution in [0, 0.1) is 11.8 Å². The zero-order chi connectivity index (χ0) is 13.9. The number of carboxylic acids is 1. The Morgan fingerprint density at radius 3 is 2.28 bits per heavy atom. The summed E-state index contributed by atoms with van der Waals surface area (Å²) in [6.07, 6.45) is 1.05. The van der Waals surface area contributed by atoms with Crippen LogP contribution in [-0.4, -0.2) is 35.2 Å². The Morgan fingerprint density at radius 1 is 1.28 bits per heavy atom. The molecular weight excluding hydrogens is 234 g/mol. The van der Waals surface area contributed by atoms with Crippen molar-refractivity contribution in [3.8, 4) is 0 Å². The Labute approximate surface area is 108 Å². The SMILES string of the molecule is CCC[C@@H](NC(=O)C1C(C)OC(C)C1C)C(=O)O. The van der Waals surface area contributed by atoms with Crippen LogP contribution in [0.3, 0.4) is 0 Å². The lowest BCUT2D eigenvalue weighted by Crippen LogP contribution is -2.46. The van der Waals surface area contributed by atoms with Crippen molar-refractivity contribution in [2.24, 2.45) is 11.8 Å².